The Kier molecular flexibility index (Phi) is 5.49. The summed E-state index contributed by atoms with van der Waals surface area (Å²) in [5, 5.41) is 3.00. The van der Waals surface area contributed by atoms with Crippen molar-refractivity contribution in [3.8, 4) is 0 Å². The molecule has 1 aromatic rings. The molecule has 0 radical (unpaired) electrons. The van der Waals surface area contributed by atoms with Gasteiger partial charge in [0.15, 0.2) is 0 Å². The van der Waals surface area contributed by atoms with Gasteiger partial charge < -0.3 is 10.1 Å². The van der Waals surface area contributed by atoms with Gasteiger partial charge in [0.1, 0.15) is 4.90 Å². The molecule has 0 aliphatic heterocycles. The Hall–Kier alpha value is -1.25. The largest absolute Gasteiger partial charge is 0.378 e. The fourth-order valence-electron chi connectivity index (χ4n) is 2.10. The summed E-state index contributed by atoms with van der Waals surface area (Å²) in [7, 11) is -3.55. The number of nitrogens with zero attached hydrogens (tertiary/aromatic N) is 2. The molecule has 0 spiro atoms. The highest BCUT2D eigenvalue weighted by Gasteiger charge is 2.33. The Morgan fingerprint density at radius 1 is 1.29 bits per heavy atom. The molecule has 1 heterocycles. The highest BCUT2D eigenvalue weighted by atomic mass is 32.2. The van der Waals surface area contributed by atoms with Crippen molar-refractivity contribution in [2.75, 3.05) is 18.5 Å². The summed E-state index contributed by atoms with van der Waals surface area (Å²) in [5.41, 5.74) is 0. The first-order valence-corrected chi connectivity index (χ1v) is 8.73. The third-order valence-corrected chi connectivity index (χ3v) is 4.77. The predicted molar refractivity (Wildman–Crippen MR) is 79.6 cm³/mol. The quantitative estimate of drug-likeness (QED) is 0.747. The van der Waals surface area contributed by atoms with Gasteiger partial charge in [0.25, 0.3) is 0 Å². The van der Waals surface area contributed by atoms with Crippen molar-refractivity contribution in [3.05, 3.63) is 12.4 Å². The van der Waals surface area contributed by atoms with E-state index >= 15 is 0 Å². The maximum atomic E-state index is 12.2. The van der Waals surface area contributed by atoms with E-state index in [-0.39, 0.29) is 17.0 Å². The van der Waals surface area contributed by atoms with Crippen molar-refractivity contribution in [3.63, 3.8) is 0 Å². The summed E-state index contributed by atoms with van der Waals surface area (Å²) in [4.78, 5) is 8.11. The van der Waals surface area contributed by atoms with Gasteiger partial charge in [-0.05, 0) is 26.2 Å². The Morgan fingerprint density at radius 3 is 2.52 bits per heavy atom. The van der Waals surface area contributed by atoms with Crippen LogP contribution in [0.15, 0.2) is 17.3 Å². The van der Waals surface area contributed by atoms with E-state index in [1.807, 2.05) is 13.8 Å². The minimum atomic E-state index is -3.55. The summed E-state index contributed by atoms with van der Waals surface area (Å²) in [6.07, 6.45) is 5.19. The van der Waals surface area contributed by atoms with Gasteiger partial charge in [-0.15, -0.1) is 0 Å². The van der Waals surface area contributed by atoms with Gasteiger partial charge in [0.05, 0.1) is 18.5 Å². The van der Waals surface area contributed by atoms with Crippen LogP contribution in [0.2, 0.25) is 0 Å². The van der Waals surface area contributed by atoms with E-state index in [9.17, 15) is 8.42 Å². The minimum Gasteiger partial charge on any atom is -0.378 e. The molecule has 1 aliphatic rings. The van der Waals surface area contributed by atoms with Gasteiger partial charge in [-0.2, -0.15) is 0 Å². The number of sulfonamides is 1. The number of anilines is 1. The van der Waals surface area contributed by atoms with Gasteiger partial charge in [0, 0.05) is 19.2 Å². The van der Waals surface area contributed by atoms with E-state index in [0.717, 1.165) is 13.0 Å². The molecule has 1 aliphatic carbocycles. The summed E-state index contributed by atoms with van der Waals surface area (Å²) in [6, 6.07) is -0.0653. The smallest absolute Gasteiger partial charge is 0.243 e. The Balaban J connectivity index is 1.90. The van der Waals surface area contributed by atoms with E-state index in [2.05, 4.69) is 20.0 Å². The molecular formula is C13H22N4O3S. The number of hydrogen-bond donors (Lipinski definition) is 2. The molecular weight excluding hydrogens is 292 g/mol. The Morgan fingerprint density at radius 2 is 1.95 bits per heavy atom. The summed E-state index contributed by atoms with van der Waals surface area (Å²) >= 11 is 0. The van der Waals surface area contributed by atoms with Crippen LogP contribution < -0.4 is 10.0 Å². The van der Waals surface area contributed by atoms with Crippen LogP contribution in [0.5, 0.6) is 0 Å². The lowest BCUT2D eigenvalue weighted by Crippen LogP contribution is -2.47. The van der Waals surface area contributed by atoms with Crippen molar-refractivity contribution in [2.45, 2.75) is 50.2 Å². The van der Waals surface area contributed by atoms with Crippen LogP contribution in [-0.2, 0) is 14.8 Å². The molecule has 0 unspecified atom stereocenters. The second-order valence-corrected chi connectivity index (χ2v) is 6.75. The third kappa shape index (κ3) is 4.36. The van der Waals surface area contributed by atoms with Gasteiger partial charge >= 0.3 is 0 Å². The van der Waals surface area contributed by atoms with Crippen LogP contribution in [0.3, 0.4) is 0 Å². The molecule has 8 heteroatoms. The normalized spacial score (nSPS) is 21.8. The molecule has 1 fully saturated rings. The Bertz CT molecular complexity index is 541. The van der Waals surface area contributed by atoms with Crippen LogP contribution in [0.4, 0.5) is 5.95 Å². The zero-order valence-corrected chi connectivity index (χ0v) is 13.2. The average molecular weight is 314 g/mol. The number of rotatable bonds is 8. The molecule has 2 N–H and O–H groups in total. The average Bonchev–Trinajstić information content (AvgIpc) is 2.43. The molecule has 0 aromatic carbocycles. The van der Waals surface area contributed by atoms with Gasteiger partial charge in [-0.1, -0.05) is 6.92 Å². The number of aromatic nitrogens is 2. The molecule has 2 rings (SSSR count). The second kappa shape index (κ2) is 7.15. The lowest BCUT2D eigenvalue weighted by Gasteiger charge is -2.34. The van der Waals surface area contributed by atoms with E-state index in [4.69, 9.17) is 4.74 Å². The first-order valence-electron chi connectivity index (χ1n) is 7.25. The van der Waals surface area contributed by atoms with Crippen molar-refractivity contribution < 1.29 is 13.2 Å². The fourth-order valence-corrected chi connectivity index (χ4v) is 3.25. The first kappa shape index (κ1) is 16.1. The highest BCUT2D eigenvalue weighted by Crippen LogP contribution is 2.24. The lowest BCUT2D eigenvalue weighted by atomic mass is 9.90. The molecule has 1 aromatic heterocycles. The maximum absolute atomic E-state index is 12.2. The van der Waals surface area contributed by atoms with E-state index in [1.54, 1.807) is 0 Å². The molecule has 0 amide bonds. The summed E-state index contributed by atoms with van der Waals surface area (Å²) in [6.45, 7) is 5.38. The SMILES string of the molecule is CCCNc1ncc(S(=O)(=O)NC2CC(OCC)C2)cn1. The standard InChI is InChI=1S/C13H22N4O3S/c1-3-5-14-13-15-8-12(9-16-13)21(18,19)17-10-6-11(7-10)20-4-2/h8-11,17H,3-7H2,1-2H3,(H,14,15,16). The van der Waals surface area contributed by atoms with Crippen molar-refractivity contribution in [1.29, 1.82) is 0 Å². The molecule has 118 valence electrons. The molecule has 0 bridgehead atoms. The fraction of sp³-hybridized carbons (Fsp3) is 0.692. The number of hydrogen-bond acceptors (Lipinski definition) is 6. The van der Waals surface area contributed by atoms with Gasteiger partial charge in [-0.3, -0.25) is 0 Å². The van der Waals surface area contributed by atoms with Crippen LogP contribution in [0.25, 0.3) is 0 Å². The topological polar surface area (TPSA) is 93.2 Å². The van der Waals surface area contributed by atoms with Gasteiger partial charge in [0.2, 0.25) is 16.0 Å². The monoisotopic (exact) mass is 314 g/mol. The van der Waals surface area contributed by atoms with Crippen LogP contribution >= 0.6 is 0 Å². The van der Waals surface area contributed by atoms with E-state index in [0.29, 0.717) is 25.4 Å². The third-order valence-electron chi connectivity index (χ3n) is 3.29. The Labute approximate surface area is 125 Å². The molecule has 7 nitrogen and oxygen atoms in total. The van der Waals surface area contributed by atoms with Crippen molar-refractivity contribution in [1.82, 2.24) is 14.7 Å². The maximum Gasteiger partial charge on any atom is 0.243 e. The van der Waals surface area contributed by atoms with Crippen molar-refractivity contribution >= 4 is 16.0 Å². The van der Waals surface area contributed by atoms with Crippen LogP contribution in [0.1, 0.15) is 33.1 Å². The highest BCUT2D eigenvalue weighted by molar-refractivity contribution is 7.89. The van der Waals surface area contributed by atoms with Crippen molar-refractivity contribution in [2.24, 2.45) is 0 Å². The van der Waals surface area contributed by atoms with Crippen LogP contribution in [-0.4, -0.2) is 43.7 Å². The predicted octanol–water partition coefficient (Wildman–Crippen LogP) is 1.14. The second-order valence-electron chi connectivity index (χ2n) is 5.04. The lowest BCUT2D eigenvalue weighted by molar-refractivity contribution is -0.00475. The zero-order valence-electron chi connectivity index (χ0n) is 12.4. The number of nitrogens with one attached hydrogen (secondary N) is 2. The molecule has 1 saturated carbocycles. The zero-order chi connectivity index (χ0) is 15.3. The first-order chi connectivity index (χ1) is 10.0. The molecule has 21 heavy (non-hydrogen) atoms. The molecule has 0 atom stereocenters. The summed E-state index contributed by atoms with van der Waals surface area (Å²) < 4.78 is 32.4. The number of ether oxygens (including phenoxy) is 1. The molecule has 0 saturated heterocycles. The van der Waals surface area contributed by atoms with Crippen LogP contribution in [0, 0.1) is 0 Å². The van der Waals surface area contributed by atoms with E-state index in [1.165, 1.54) is 12.4 Å². The van der Waals surface area contributed by atoms with E-state index < -0.39 is 10.0 Å². The minimum absolute atomic E-state index is 0.0653. The van der Waals surface area contributed by atoms with Gasteiger partial charge in [-0.25, -0.2) is 23.1 Å². The summed E-state index contributed by atoms with van der Waals surface area (Å²) in [5.74, 6) is 0.441.